The summed E-state index contributed by atoms with van der Waals surface area (Å²) in [7, 11) is 21.9. The predicted molar refractivity (Wildman–Crippen MR) is 212 cm³/mol. The van der Waals surface area contributed by atoms with Gasteiger partial charge in [0.1, 0.15) is 78.5 Å². The summed E-state index contributed by atoms with van der Waals surface area (Å²) in [6, 6.07) is 15.1. The smallest absolute Gasteiger partial charge is 0.226 e. The molecule has 0 fully saturated rings. The van der Waals surface area contributed by atoms with Crippen molar-refractivity contribution in [3.8, 4) is 28.5 Å². The number of para-hydroxylation sites is 1. The van der Waals surface area contributed by atoms with Crippen molar-refractivity contribution in [1.82, 2.24) is 19.5 Å². The maximum Gasteiger partial charge on any atom is 0.226 e. The second-order valence-electron chi connectivity index (χ2n) is 11.8. The maximum absolute atomic E-state index is 6.60. The number of hydrogen-bond acceptors (Lipinski definition) is 3. The van der Waals surface area contributed by atoms with Gasteiger partial charge < -0.3 is 4.57 Å². The molecule has 2 heterocycles. The molecule has 6 aromatic rings. The van der Waals surface area contributed by atoms with E-state index in [1.54, 1.807) is 0 Å². The van der Waals surface area contributed by atoms with Crippen LogP contribution in [0.4, 0.5) is 0 Å². The summed E-state index contributed by atoms with van der Waals surface area (Å²) in [6.07, 6.45) is 0. The van der Waals surface area contributed by atoms with Gasteiger partial charge in [-0.25, -0.2) is 4.98 Å². The zero-order valence-electron chi connectivity index (χ0n) is 26.2. The SMILES string of the molecule is Bc1c(B)c(B)c(-c2nc(Cl)nc(-c3ccc4c5ccccc5n(-c5c(B)c(B)c(B)c(B)c5B)c4c3)n2)c(B)c1B. The zero-order valence-corrected chi connectivity index (χ0v) is 27.0. The Morgan fingerprint density at radius 3 is 1.62 bits per heavy atom. The van der Waals surface area contributed by atoms with E-state index in [9.17, 15) is 0 Å². The highest BCUT2D eigenvalue weighted by Crippen LogP contribution is 2.33. The molecule has 0 aliphatic heterocycles. The number of nitrogens with zero attached hydrogens (tertiary/aromatic N) is 4. The Kier molecular flexibility index (Phi) is 7.12. The fourth-order valence-electron chi connectivity index (χ4n) is 6.59. The summed E-state index contributed by atoms with van der Waals surface area (Å²) in [5, 5.41) is 2.61. The van der Waals surface area contributed by atoms with E-state index in [1.807, 2.05) is 0 Å². The molecule has 4 aromatic carbocycles. The molecule has 0 spiro atoms. The molecular formula is C27H27B10ClN4. The standard InChI is InChI=1S/C27H27B10ClN4/c28-14-13(15(29)17(31)18(32)16(14)30)26-39-25(40-27(38)41-26)8-5-6-10-9-3-1-2-4-11(9)42(12(10)7-8)24-22(36)20(34)19(33)21(35)23(24)37/h1-7H,28-37H2. The van der Waals surface area contributed by atoms with E-state index in [0.29, 0.717) is 11.6 Å². The normalized spacial score (nSPS) is 11.5. The molecule has 0 amide bonds. The van der Waals surface area contributed by atoms with Gasteiger partial charge in [0, 0.05) is 27.6 Å². The molecule has 192 valence electrons. The molecule has 0 unspecified atom stereocenters. The Balaban J connectivity index is 1.65. The van der Waals surface area contributed by atoms with Crippen molar-refractivity contribution in [3.05, 3.63) is 47.7 Å². The van der Waals surface area contributed by atoms with E-state index in [2.05, 4.69) is 135 Å². The predicted octanol–water partition coefficient (Wildman–Crippen LogP) is -10.5. The topological polar surface area (TPSA) is 43.6 Å². The highest BCUT2D eigenvalue weighted by Gasteiger charge is 2.21. The molecular weight excluding hydrogens is 524 g/mol. The molecule has 0 bridgehead atoms. The first-order chi connectivity index (χ1) is 19.9. The monoisotopic (exact) mass is 552 g/mol. The van der Waals surface area contributed by atoms with E-state index in [0.717, 1.165) is 16.6 Å². The number of fused-ring (bicyclic) bond motifs is 3. The van der Waals surface area contributed by atoms with Gasteiger partial charge in [0.2, 0.25) is 5.28 Å². The molecule has 0 aliphatic rings. The van der Waals surface area contributed by atoms with Crippen molar-refractivity contribution in [2.75, 3.05) is 0 Å². The van der Waals surface area contributed by atoms with Crippen LogP contribution in [0.1, 0.15) is 0 Å². The number of hydrogen-bond donors (Lipinski definition) is 0. The Bertz CT molecular complexity index is 2070. The molecule has 15 heteroatoms. The van der Waals surface area contributed by atoms with Crippen LogP contribution < -0.4 is 54.6 Å². The third kappa shape index (κ3) is 4.25. The van der Waals surface area contributed by atoms with Crippen LogP contribution in [0, 0.1) is 0 Å². The van der Waals surface area contributed by atoms with Gasteiger partial charge in [-0.2, -0.15) is 9.97 Å². The highest BCUT2D eigenvalue weighted by molar-refractivity contribution is 6.69. The lowest BCUT2D eigenvalue weighted by Gasteiger charge is -2.22. The minimum atomic E-state index is 0.196. The minimum Gasteiger partial charge on any atom is -0.310 e. The van der Waals surface area contributed by atoms with Crippen molar-refractivity contribution < 1.29 is 0 Å². The van der Waals surface area contributed by atoms with Gasteiger partial charge in [-0.15, -0.1) is 21.9 Å². The molecule has 0 saturated carbocycles. The van der Waals surface area contributed by atoms with E-state index >= 15 is 0 Å². The van der Waals surface area contributed by atoms with Gasteiger partial charge in [0.15, 0.2) is 11.6 Å². The van der Waals surface area contributed by atoms with Crippen molar-refractivity contribution in [1.29, 1.82) is 0 Å². The fourth-order valence-corrected chi connectivity index (χ4v) is 6.75. The maximum atomic E-state index is 6.60. The zero-order chi connectivity index (χ0) is 30.2. The average molecular weight is 551 g/mol. The lowest BCUT2D eigenvalue weighted by atomic mass is 9.60. The minimum absolute atomic E-state index is 0.196. The second kappa shape index (κ2) is 10.4. The first kappa shape index (κ1) is 28.7. The molecule has 0 aliphatic carbocycles. The van der Waals surface area contributed by atoms with E-state index < -0.39 is 0 Å². The lowest BCUT2D eigenvalue weighted by molar-refractivity contribution is 1.07. The number of aromatic nitrogens is 4. The van der Waals surface area contributed by atoms with Gasteiger partial charge in [-0.3, -0.25) is 0 Å². The van der Waals surface area contributed by atoms with E-state index in [-0.39, 0.29) is 5.28 Å². The van der Waals surface area contributed by atoms with Gasteiger partial charge in [0.25, 0.3) is 0 Å². The summed E-state index contributed by atoms with van der Waals surface area (Å²) in [5.74, 6) is 1.19. The van der Waals surface area contributed by atoms with Gasteiger partial charge in [0.05, 0.1) is 11.0 Å². The molecule has 0 saturated heterocycles. The van der Waals surface area contributed by atoms with Gasteiger partial charge in [-0.1, -0.05) is 63.1 Å². The summed E-state index contributed by atoms with van der Waals surface area (Å²) >= 11 is 6.60. The Hall–Kier alpha value is -3.37. The summed E-state index contributed by atoms with van der Waals surface area (Å²) in [6.45, 7) is 0. The molecule has 6 rings (SSSR count). The van der Waals surface area contributed by atoms with Crippen LogP contribution in [0.2, 0.25) is 5.28 Å². The molecule has 4 nitrogen and oxygen atoms in total. The van der Waals surface area contributed by atoms with Crippen molar-refractivity contribution in [2.45, 2.75) is 0 Å². The highest BCUT2D eigenvalue weighted by atomic mass is 35.5. The van der Waals surface area contributed by atoms with Crippen molar-refractivity contribution in [3.63, 3.8) is 0 Å². The van der Waals surface area contributed by atoms with Crippen LogP contribution in [-0.4, -0.2) is 98.0 Å². The summed E-state index contributed by atoms with van der Waals surface area (Å²) < 4.78 is 2.42. The Morgan fingerprint density at radius 2 is 1.00 bits per heavy atom. The largest absolute Gasteiger partial charge is 0.310 e. The fraction of sp³-hybridized carbons (Fsp3) is 0. The quantitative estimate of drug-likeness (QED) is 0.206. The van der Waals surface area contributed by atoms with E-state index in [1.165, 1.54) is 76.6 Å². The van der Waals surface area contributed by atoms with Crippen molar-refractivity contribution in [2.24, 2.45) is 0 Å². The molecule has 42 heavy (non-hydrogen) atoms. The van der Waals surface area contributed by atoms with Crippen molar-refractivity contribution >= 4 is 166 Å². The average Bonchev–Trinajstić information content (AvgIpc) is 3.30. The third-order valence-corrected chi connectivity index (χ3v) is 10.1. The van der Waals surface area contributed by atoms with Crippen LogP contribution >= 0.6 is 11.6 Å². The third-order valence-electron chi connectivity index (χ3n) is 9.95. The van der Waals surface area contributed by atoms with Gasteiger partial charge in [-0.05, 0) is 23.7 Å². The summed E-state index contributed by atoms with van der Waals surface area (Å²) in [4.78, 5) is 14.3. The molecule has 0 N–H and O–H groups in total. The van der Waals surface area contributed by atoms with Crippen LogP contribution in [0.15, 0.2) is 42.5 Å². The molecule has 0 radical (unpaired) electrons. The lowest BCUT2D eigenvalue weighted by Crippen LogP contribution is -2.56. The number of benzene rings is 4. The molecule has 2 aromatic heterocycles. The first-order valence-corrected chi connectivity index (χ1v) is 14.9. The van der Waals surface area contributed by atoms with Gasteiger partial charge >= 0.3 is 0 Å². The Labute approximate surface area is 261 Å². The number of rotatable bonds is 3. The van der Waals surface area contributed by atoms with E-state index in [4.69, 9.17) is 16.6 Å². The van der Waals surface area contributed by atoms with Crippen LogP contribution in [0.5, 0.6) is 0 Å². The second-order valence-corrected chi connectivity index (χ2v) is 12.1. The first-order valence-electron chi connectivity index (χ1n) is 14.5. The van der Waals surface area contributed by atoms with Crippen LogP contribution in [-0.2, 0) is 0 Å². The number of halogens is 1. The van der Waals surface area contributed by atoms with Crippen LogP contribution in [0.3, 0.4) is 0 Å². The Morgan fingerprint density at radius 1 is 0.500 bits per heavy atom. The summed E-state index contributed by atoms with van der Waals surface area (Å²) in [5.41, 5.74) is 18.3. The van der Waals surface area contributed by atoms with Crippen LogP contribution in [0.25, 0.3) is 50.3 Å². The molecule has 0 atom stereocenters.